The van der Waals surface area contributed by atoms with Crippen molar-refractivity contribution in [2.45, 2.75) is 19.8 Å². The van der Waals surface area contributed by atoms with Gasteiger partial charge < -0.3 is 10.7 Å². The molecule has 2 aromatic carbocycles. The van der Waals surface area contributed by atoms with Crippen molar-refractivity contribution in [1.82, 2.24) is 5.32 Å². The average molecular weight is 283 g/mol. The van der Waals surface area contributed by atoms with Crippen molar-refractivity contribution in [1.29, 1.82) is 0 Å². The van der Waals surface area contributed by atoms with Crippen molar-refractivity contribution in [3.05, 3.63) is 65.2 Å². The van der Waals surface area contributed by atoms with Crippen LogP contribution in [-0.2, 0) is 6.42 Å². The molecule has 0 saturated carbocycles. The summed E-state index contributed by atoms with van der Waals surface area (Å²) in [6.45, 7) is 2.57. The highest BCUT2D eigenvalue weighted by Crippen LogP contribution is 2.14. The molecule has 110 valence electrons. The largest absolute Gasteiger partial charge is 0.352 e. The fourth-order valence-electron chi connectivity index (χ4n) is 2.24. The highest BCUT2D eigenvalue weighted by atomic mass is 16.1. The van der Waals surface area contributed by atoms with E-state index in [1.165, 1.54) is 5.56 Å². The van der Waals surface area contributed by atoms with Gasteiger partial charge in [0.15, 0.2) is 0 Å². The number of nitrogen functional groups attached to an aromatic ring is 1. The molecule has 0 heterocycles. The van der Waals surface area contributed by atoms with Gasteiger partial charge in [0, 0.05) is 17.8 Å². The molecule has 0 aromatic heterocycles. The van der Waals surface area contributed by atoms with Crippen molar-refractivity contribution >= 4 is 11.6 Å². The average Bonchev–Trinajstić information content (AvgIpc) is 2.52. The molecular weight excluding hydrogens is 262 g/mol. The lowest BCUT2D eigenvalue weighted by Gasteiger charge is -2.09. The summed E-state index contributed by atoms with van der Waals surface area (Å²) in [4.78, 5) is 12.1. The predicted molar refractivity (Wildman–Crippen MR) is 86.1 cm³/mol. The van der Waals surface area contributed by atoms with Gasteiger partial charge in [-0.25, -0.2) is 0 Å². The van der Waals surface area contributed by atoms with Crippen LogP contribution in [0.25, 0.3) is 0 Å². The fraction of sp³-hybridized carbons (Fsp3) is 0.235. The number of hydrazine groups is 1. The first-order valence-corrected chi connectivity index (χ1v) is 7.10. The van der Waals surface area contributed by atoms with Crippen LogP contribution in [0.2, 0.25) is 0 Å². The summed E-state index contributed by atoms with van der Waals surface area (Å²) in [5.74, 6) is 5.31. The fourth-order valence-corrected chi connectivity index (χ4v) is 2.24. The number of anilines is 1. The molecular formula is C17H21N3O. The number of nitrogens with one attached hydrogen (secondary N) is 2. The number of benzene rings is 2. The Morgan fingerprint density at radius 3 is 2.57 bits per heavy atom. The minimum Gasteiger partial charge on any atom is -0.352 e. The summed E-state index contributed by atoms with van der Waals surface area (Å²) in [6, 6.07) is 15.7. The Hall–Kier alpha value is -2.33. The minimum atomic E-state index is -0.0378. The zero-order chi connectivity index (χ0) is 15.1. The van der Waals surface area contributed by atoms with Crippen LogP contribution in [0.15, 0.2) is 48.5 Å². The molecule has 4 nitrogen and oxygen atoms in total. The molecule has 1 amide bonds. The lowest BCUT2D eigenvalue weighted by Crippen LogP contribution is -2.25. The predicted octanol–water partition coefficient (Wildman–Crippen LogP) is 2.64. The van der Waals surface area contributed by atoms with E-state index in [2.05, 4.69) is 22.9 Å². The quantitative estimate of drug-likeness (QED) is 0.434. The van der Waals surface area contributed by atoms with Gasteiger partial charge in [0.1, 0.15) is 0 Å². The Kier molecular flexibility index (Phi) is 5.35. The van der Waals surface area contributed by atoms with Crippen LogP contribution >= 0.6 is 0 Å². The van der Waals surface area contributed by atoms with Crippen LogP contribution in [0.4, 0.5) is 5.69 Å². The monoisotopic (exact) mass is 283 g/mol. The SMILES string of the molecule is Cc1cc(NN)ccc1C(=O)NCCCc1ccccc1. The molecule has 2 aromatic rings. The zero-order valence-electron chi connectivity index (χ0n) is 12.2. The lowest BCUT2D eigenvalue weighted by atomic mass is 10.1. The maximum absolute atomic E-state index is 12.1. The van der Waals surface area contributed by atoms with E-state index < -0.39 is 0 Å². The van der Waals surface area contributed by atoms with Crippen LogP contribution in [0, 0.1) is 6.92 Å². The second-order valence-corrected chi connectivity index (χ2v) is 5.02. The maximum Gasteiger partial charge on any atom is 0.251 e. The van der Waals surface area contributed by atoms with E-state index in [4.69, 9.17) is 5.84 Å². The third-order valence-electron chi connectivity index (χ3n) is 3.41. The lowest BCUT2D eigenvalue weighted by molar-refractivity contribution is 0.0952. The Bertz CT molecular complexity index is 596. The number of hydrogen-bond donors (Lipinski definition) is 3. The van der Waals surface area contributed by atoms with Crippen LogP contribution in [0.1, 0.15) is 27.9 Å². The van der Waals surface area contributed by atoms with Gasteiger partial charge in [0.2, 0.25) is 0 Å². The number of aryl methyl sites for hydroxylation is 2. The van der Waals surface area contributed by atoms with E-state index in [9.17, 15) is 4.79 Å². The Labute approximate surface area is 125 Å². The molecule has 0 unspecified atom stereocenters. The van der Waals surface area contributed by atoms with Gasteiger partial charge in [-0.3, -0.25) is 10.6 Å². The van der Waals surface area contributed by atoms with Gasteiger partial charge >= 0.3 is 0 Å². The molecule has 0 fully saturated rings. The molecule has 2 rings (SSSR count). The Morgan fingerprint density at radius 2 is 1.90 bits per heavy atom. The third kappa shape index (κ3) is 4.33. The van der Waals surface area contributed by atoms with Crippen molar-refractivity contribution in [2.75, 3.05) is 12.0 Å². The van der Waals surface area contributed by atoms with Crippen molar-refractivity contribution in [3.63, 3.8) is 0 Å². The first-order valence-electron chi connectivity index (χ1n) is 7.10. The van der Waals surface area contributed by atoms with E-state index in [1.54, 1.807) is 12.1 Å². The van der Waals surface area contributed by atoms with Crippen LogP contribution in [0.3, 0.4) is 0 Å². The van der Waals surface area contributed by atoms with E-state index in [1.807, 2.05) is 31.2 Å². The van der Waals surface area contributed by atoms with Crippen LogP contribution in [0.5, 0.6) is 0 Å². The van der Waals surface area contributed by atoms with Gasteiger partial charge in [-0.05, 0) is 49.1 Å². The summed E-state index contributed by atoms with van der Waals surface area (Å²) < 4.78 is 0. The van der Waals surface area contributed by atoms with Crippen molar-refractivity contribution < 1.29 is 4.79 Å². The van der Waals surface area contributed by atoms with Gasteiger partial charge in [-0.15, -0.1) is 0 Å². The van der Waals surface area contributed by atoms with Gasteiger partial charge in [-0.2, -0.15) is 0 Å². The highest BCUT2D eigenvalue weighted by Gasteiger charge is 2.08. The molecule has 0 radical (unpaired) electrons. The molecule has 0 aliphatic heterocycles. The first-order chi connectivity index (χ1) is 10.2. The summed E-state index contributed by atoms with van der Waals surface area (Å²) in [6.07, 6.45) is 1.90. The first kappa shape index (κ1) is 15.1. The van der Waals surface area contributed by atoms with Gasteiger partial charge in [-0.1, -0.05) is 30.3 Å². The Morgan fingerprint density at radius 1 is 1.14 bits per heavy atom. The van der Waals surface area contributed by atoms with Crippen molar-refractivity contribution in [2.24, 2.45) is 5.84 Å². The second kappa shape index (κ2) is 7.45. The summed E-state index contributed by atoms with van der Waals surface area (Å²) in [5, 5.41) is 2.96. The number of hydrogen-bond acceptors (Lipinski definition) is 3. The Balaban J connectivity index is 1.82. The molecule has 4 N–H and O–H groups in total. The summed E-state index contributed by atoms with van der Waals surface area (Å²) in [7, 11) is 0. The number of rotatable bonds is 6. The van der Waals surface area contributed by atoms with E-state index in [0.29, 0.717) is 12.1 Å². The van der Waals surface area contributed by atoms with E-state index in [-0.39, 0.29) is 5.91 Å². The number of carbonyl (C=O) groups is 1. The molecule has 0 aliphatic carbocycles. The molecule has 0 spiro atoms. The molecule has 0 atom stereocenters. The number of carbonyl (C=O) groups excluding carboxylic acids is 1. The van der Waals surface area contributed by atoms with Crippen molar-refractivity contribution in [3.8, 4) is 0 Å². The topological polar surface area (TPSA) is 67.1 Å². The zero-order valence-corrected chi connectivity index (χ0v) is 12.2. The molecule has 21 heavy (non-hydrogen) atoms. The number of amides is 1. The van der Waals surface area contributed by atoms with Crippen LogP contribution < -0.4 is 16.6 Å². The molecule has 0 aliphatic rings. The van der Waals surface area contributed by atoms with E-state index in [0.717, 1.165) is 24.1 Å². The molecule has 0 bridgehead atoms. The van der Waals surface area contributed by atoms with E-state index >= 15 is 0 Å². The second-order valence-electron chi connectivity index (χ2n) is 5.02. The van der Waals surface area contributed by atoms with Gasteiger partial charge in [0.05, 0.1) is 0 Å². The summed E-state index contributed by atoms with van der Waals surface area (Å²) >= 11 is 0. The maximum atomic E-state index is 12.1. The standard InChI is InChI=1S/C17H21N3O/c1-13-12-15(20-18)9-10-16(13)17(21)19-11-5-8-14-6-3-2-4-7-14/h2-4,6-7,9-10,12,20H,5,8,11,18H2,1H3,(H,19,21). The van der Waals surface area contributed by atoms with Gasteiger partial charge in [0.25, 0.3) is 5.91 Å². The third-order valence-corrected chi connectivity index (χ3v) is 3.41. The highest BCUT2D eigenvalue weighted by molar-refractivity contribution is 5.96. The smallest absolute Gasteiger partial charge is 0.251 e. The minimum absolute atomic E-state index is 0.0378. The summed E-state index contributed by atoms with van der Waals surface area (Å²) in [5.41, 5.74) is 6.26. The normalized spacial score (nSPS) is 10.2. The molecule has 4 heteroatoms. The van der Waals surface area contributed by atoms with Crippen LogP contribution in [-0.4, -0.2) is 12.5 Å². The number of nitrogens with two attached hydrogens (primary N) is 1. The molecule has 0 saturated heterocycles.